The highest BCUT2D eigenvalue weighted by atomic mass is 32.1. The Kier molecular flexibility index (Phi) is 2.60. The van der Waals surface area contributed by atoms with E-state index in [1.165, 1.54) is 31.2 Å². The maximum atomic E-state index is 5.96. The molecule has 0 saturated heterocycles. The predicted octanol–water partition coefficient (Wildman–Crippen LogP) is 4.05. The molecule has 2 N–H and O–H groups in total. The Bertz CT molecular complexity index is 434. The van der Waals surface area contributed by atoms with Gasteiger partial charge in [0.15, 0.2) is 0 Å². The first-order valence-electron chi connectivity index (χ1n) is 7.53. The summed E-state index contributed by atoms with van der Waals surface area (Å²) < 4.78 is 0. The molecule has 1 heterocycles. The number of thiophene rings is 1. The molecule has 1 aromatic rings. The second-order valence-corrected chi connectivity index (χ2v) is 7.98. The summed E-state index contributed by atoms with van der Waals surface area (Å²) in [5.74, 6) is 4.98. The molecule has 4 fully saturated rings. The minimum absolute atomic E-state index is 0.739. The van der Waals surface area contributed by atoms with Crippen LogP contribution < -0.4 is 5.73 Å². The Morgan fingerprint density at radius 3 is 2.28 bits per heavy atom. The monoisotopic (exact) mass is 261 g/mol. The molecule has 2 heteroatoms. The summed E-state index contributed by atoms with van der Waals surface area (Å²) in [6.45, 7) is 3.05. The lowest BCUT2D eigenvalue weighted by molar-refractivity contribution is -0.00308. The maximum Gasteiger partial charge on any atom is 0.0189 e. The maximum absolute atomic E-state index is 5.96. The second-order valence-electron chi connectivity index (χ2n) is 6.89. The molecule has 0 atom stereocenters. The van der Waals surface area contributed by atoms with Gasteiger partial charge in [0, 0.05) is 11.4 Å². The van der Waals surface area contributed by atoms with Crippen LogP contribution in [0.5, 0.6) is 0 Å². The van der Waals surface area contributed by atoms with Gasteiger partial charge in [-0.3, -0.25) is 0 Å². The molecule has 0 radical (unpaired) electrons. The molecule has 0 aromatic carbocycles. The fourth-order valence-corrected chi connectivity index (χ4v) is 6.45. The minimum Gasteiger partial charge on any atom is -0.326 e. The van der Waals surface area contributed by atoms with Crippen LogP contribution in [0.4, 0.5) is 0 Å². The molecule has 0 spiro atoms. The van der Waals surface area contributed by atoms with E-state index in [4.69, 9.17) is 5.73 Å². The van der Waals surface area contributed by atoms with Crippen LogP contribution >= 0.6 is 11.3 Å². The molecule has 98 valence electrons. The average Bonchev–Trinajstić information content (AvgIpc) is 2.70. The molecule has 1 aromatic heterocycles. The zero-order valence-corrected chi connectivity index (χ0v) is 12.0. The normalized spacial score (nSPS) is 41.6. The van der Waals surface area contributed by atoms with Crippen molar-refractivity contribution in [3.05, 3.63) is 21.4 Å². The molecule has 0 unspecified atom stereocenters. The summed E-state index contributed by atoms with van der Waals surface area (Å²) in [6.07, 6.45) is 7.59. The van der Waals surface area contributed by atoms with Gasteiger partial charge in [0.25, 0.3) is 0 Å². The Labute approximate surface area is 114 Å². The van der Waals surface area contributed by atoms with Gasteiger partial charge in [0.05, 0.1) is 0 Å². The molecule has 0 aliphatic heterocycles. The van der Waals surface area contributed by atoms with Gasteiger partial charge in [0.2, 0.25) is 0 Å². The van der Waals surface area contributed by atoms with Gasteiger partial charge in [-0.05, 0) is 85.1 Å². The molecule has 1 nitrogen and oxygen atoms in total. The van der Waals surface area contributed by atoms with E-state index in [1.807, 2.05) is 11.3 Å². The van der Waals surface area contributed by atoms with Gasteiger partial charge >= 0.3 is 0 Å². The van der Waals surface area contributed by atoms with Crippen molar-refractivity contribution in [2.24, 2.45) is 29.4 Å². The molecule has 4 aliphatic rings. The Morgan fingerprint density at radius 1 is 1.11 bits per heavy atom. The first kappa shape index (κ1) is 11.5. The second kappa shape index (κ2) is 4.08. The summed E-state index contributed by atoms with van der Waals surface area (Å²) in [5.41, 5.74) is 9.09. The van der Waals surface area contributed by atoms with E-state index < -0.39 is 0 Å². The molecule has 4 aliphatic carbocycles. The lowest BCUT2D eigenvalue weighted by atomic mass is 9.50. The van der Waals surface area contributed by atoms with Crippen LogP contribution in [0.25, 0.3) is 0 Å². The van der Waals surface area contributed by atoms with Gasteiger partial charge in [-0.25, -0.2) is 0 Å². The standard InChI is InChI=1S/C16H23NS/c1-9-15(14(7-17)8-18-9)16-12-3-10-2-11(5-12)6-13(16)4-10/h8,10-13,16H,2-7,17H2,1H3. The SMILES string of the molecule is Cc1scc(CN)c1C1C2CC3CC(C2)CC1C3. The van der Waals surface area contributed by atoms with Crippen molar-refractivity contribution >= 4 is 11.3 Å². The van der Waals surface area contributed by atoms with Crippen molar-refractivity contribution in [1.82, 2.24) is 0 Å². The van der Waals surface area contributed by atoms with E-state index in [1.54, 1.807) is 16.9 Å². The van der Waals surface area contributed by atoms with Crippen molar-refractivity contribution in [3.8, 4) is 0 Å². The molecular weight excluding hydrogens is 238 g/mol. The molecule has 5 rings (SSSR count). The topological polar surface area (TPSA) is 26.0 Å². The summed E-state index contributed by atoms with van der Waals surface area (Å²) in [4.78, 5) is 1.55. The van der Waals surface area contributed by atoms with Crippen LogP contribution in [0.2, 0.25) is 0 Å². The highest BCUT2D eigenvalue weighted by Gasteiger charge is 2.49. The lowest BCUT2D eigenvalue weighted by Gasteiger charge is -2.55. The van der Waals surface area contributed by atoms with Crippen molar-refractivity contribution in [1.29, 1.82) is 0 Å². The number of aryl methyl sites for hydroxylation is 1. The fourth-order valence-electron chi connectivity index (χ4n) is 5.52. The average molecular weight is 261 g/mol. The van der Waals surface area contributed by atoms with Gasteiger partial charge < -0.3 is 5.73 Å². The minimum atomic E-state index is 0.739. The van der Waals surface area contributed by atoms with Crippen LogP contribution in [-0.2, 0) is 6.54 Å². The molecular formula is C16H23NS. The third kappa shape index (κ3) is 1.55. The van der Waals surface area contributed by atoms with Gasteiger partial charge in [-0.1, -0.05) is 0 Å². The zero-order valence-electron chi connectivity index (χ0n) is 11.2. The quantitative estimate of drug-likeness (QED) is 0.854. The Hall–Kier alpha value is -0.340. The first-order chi connectivity index (χ1) is 8.76. The van der Waals surface area contributed by atoms with E-state index in [9.17, 15) is 0 Å². The summed E-state index contributed by atoms with van der Waals surface area (Å²) in [5, 5.41) is 2.32. The van der Waals surface area contributed by atoms with Crippen LogP contribution in [-0.4, -0.2) is 0 Å². The third-order valence-electron chi connectivity index (χ3n) is 5.88. The zero-order chi connectivity index (χ0) is 12.3. The predicted molar refractivity (Wildman–Crippen MR) is 76.7 cm³/mol. The smallest absolute Gasteiger partial charge is 0.0189 e. The fraction of sp³-hybridized carbons (Fsp3) is 0.750. The summed E-state index contributed by atoms with van der Waals surface area (Å²) in [6, 6.07) is 0. The van der Waals surface area contributed by atoms with Crippen LogP contribution in [0.15, 0.2) is 5.38 Å². The summed E-state index contributed by atoms with van der Waals surface area (Å²) in [7, 11) is 0. The number of hydrogen-bond donors (Lipinski definition) is 1. The van der Waals surface area contributed by atoms with E-state index in [0.29, 0.717) is 0 Å². The van der Waals surface area contributed by atoms with Crippen molar-refractivity contribution < 1.29 is 0 Å². The van der Waals surface area contributed by atoms with Crippen LogP contribution in [0, 0.1) is 30.6 Å². The molecule has 18 heavy (non-hydrogen) atoms. The van der Waals surface area contributed by atoms with Crippen molar-refractivity contribution in [3.63, 3.8) is 0 Å². The van der Waals surface area contributed by atoms with Crippen LogP contribution in [0.1, 0.15) is 54.0 Å². The van der Waals surface area contributed by atoms with E-state index >= 15 is 0 Å². The van der Waals surface area contributed by atoms with E-state index in [0.717, 1.165) is 36.1 Å². The third-order valence-corrected chi connectivity index (χ3v) is 6.86. The van der Waals surface area contributed by atoms with Gasteiger partial charge in [0.1, 0.15) is 0 Å². The van der Waals surface area contributed by atoms with Crippen molar-refractivity contribution in [2.45, 2.75) is 51.5 Å². The summed E-state index contributed by atoms with van der Waals surface area (Å²) >= 11 is 1.92. The van der Waals surface area contributed by atoms with E-state index in [-0.39, 0.29) is 0 Å². The van der Waals surface area contributed by atoms with E-state index in [2.05, 4.69) is 12.3 Å². The molecule has 4 bridgehead atoms. The lowest BCUT2D eigenvalue weighted by Crippen LogP contribution is -2.44. The largest absolute Gasteiger partial charge is 0.326 e. The Balaban J connectivity index is 1.74. The number of hydrogen-bond acceptors (Lipinski definition) is 2. The molecule has 0 amide bonds. The van der Waals surface area contributed by atoms with Crippen LogP contribution in [0.3, 0.4) is 0 Å². The van der Waals surface area contributed by atoms with Gasteiger partial charge in [-0.2, -0.15) is 0 Å². The Morgan fingerprint density at radius 2 is 1.72 bits per heavy atom. The van der Waals surface area contributed by atoms with Crippen molar-refractivity contribution in [2.75, 3.05) is 0 Å². The number of nitrogens with two attached hydrogens (primary N) is 1. The highest BCUT2D eigenvalue weighted by molar-refractivity contribution is 7.10. The number of rotatable bonds is 2. The molecule has 4 saturated carbocycles. The highest BCUT2D eigenvalue weighted by Crippen LogP contribution is 2.60. The van der Waals surface area contributed by atoms with Gasteiger partial charge in [-0.15, -0.1) is 11.3 Å². The first-order valence-corrected chi connectivity index (χ1v) is 8.41.